The molecule has 3 heterocycles. The Balaban J connectivity index is 2.00. The highest BCUT2D eigenvalue weighted by Crippen LogP contribution is 2.42. The van der Waals surface area contributed by atoms with Gasteiger partial charge in [-0.3, -0.25) is 10.1 Å². The zero-order valence-electron chi connectivity index (χ0n) is 12.9. The van der Waals surface area contributed by atoms with Gasteiger partial charge < -0.3 is 10.4 Å². The van der Waals surface area contributed by atoms with Gasteiger partial charge in [-0.1, -0.05) is 0 Å². The first-order chi connectivity index (χ1) is 11.6. The maximum Gasteiger partial charge on any atom is 0.279 e. The lowest BCUT2D eigenvalue weighted by Crippen LogP contribution is -2.29. The second kappa shape index (κ2) is 5.54. The number of nitrogens with one attached hydrogen (secondary N) is 1. The van der Waals surface area contributed by atoms with Crippen molar-refractivity contribution in [1.82, 2.24) is 10.3 Å². The molecule has 1 aromatic carbocycles. The lowest BCUT2D eigenvalue weighted by atomic mass is 9.93. The maximum atomic E-state index is 11.5. The van der Waals surface area contributed by atoms with Crippen LogP contribution in [-0.2, 0) is 6.42 Å². The van der Waals surface area contributed by atoms with E-state index in [1.54, 1.807) is 30.4 Å². The normalized spacial score (nSPS) is 17.0. The van der Waals surface area contributed by atoms with E-state index in [9.17, 15) is 15.2 Å². The molecule has 0 radical (unpaired) electrons. The van der Waals surface area contributed by atoms with E-state index in [4.69, 9.17) is 0 Å². The molecular weight excluding hydrogens is 326 g/mol. The van der Waals surface area contributed by atoms with Crippen LogP contribution in [0.1, 0.15) is 27.7 Å². The number of nitrogens with zero attached hydrogens (tertiary/aromatic N) is 2. The third-order valence-corrected chi connectivity index (χ3v) is 5.40. The summed E-state index contributed by atoms with van der Waals surface area (Å²) >= 11 is 1.68. The van der Waals surface area contributed by atoms with Gasteiger partial charge >= 0.3 is 0 Å². The molecule has 0 saturated heterocycles. The second-order valence-electron chi connectivity index (χ2n) is 5.88. The molecule has 122 valence electrons. The quantitative estimate of drug-likeness (QED) is 0.550. The van der Waals surface area contributed by atoms with Gasteiger partial charge in [0, 0.05) is 28.7 Å². The van der Waals surface area contributed by atoms with Crippen LogP contribution in [0.5, 0.6) is 5.75 Å². The summed E-state index contributed by atoms with van der Waals surface area (Å²) in [5.74, 6) is 0.0100. The summed E-state index contributed by atoms with van der Waals surface area (Å²) in [6.45, 7) is 2.57. The number of pyridine rings is 1. The Hall–Kier alpha value is -2.51. The van der Waals surface area contributed by atoms with Crippen molar-refractivity contribution in [2.75, 3.05) is 6.54 Å². The molecule has 2 N–H and O–H groups in total. The Bertz CT molecular complexity index is 967. The lowest BCUT2D eigenvalue weighted by Gasteiger charge is -2.25. The molecular formula is C17H15N3O3S. The Labute approximate surface area is 141 Å². The van der Waals surface area contributed by atoms with Crippen molar-refractivity contribution in [2.45, 2.75) is 19.4 Å². The molecule has 6 nitrogen and oxygen atoms in total. The first kappa shape index (κ1) is 15.0. The van der Waals surface area contributed by atoms with Gasteiger partial charge in [-0.2, -0.15) is 0 Å². The molecule has 0 amide bonds. The number of aryl methyl sites for hydroxylation is 1. The number of aromatic nitrogens is 1. The first-order valence-electron chi connectivity index (χ1n) is 7.63. The molecule has 2 aromatic heterocycles. The molecule has 1 unspecified atom stereocenters. The van der Waals surface area contributed by atoms with Crippen molar-refractivity contribution in [3.63, 3.8) is 0 Å². The molecule has 1 aliphatic rings. The lowest BCUT2D eigenvalue weighted by molar-refractivity contribution is -0.383. The Morgan fingerprint density at radius 3 is 3.00 bits per heavy atom. The third-order valence-electron chi connectivity index (χ3n) is 4.40. The van der Waals surface area contributed by atoms with Crippen molar-refractivity contribution < 1.29 is 10.0 Å². The Morgan fingerprint density at radius 1 is 1.38 bits per heavy atom. The number of hydrogen-bond acceptors (Lipinski definition) is 6. The van der Waals surface area contributed by atoms with Gasteiger partial charge in [0.1, 0.15) is 11.3 Å². The number of thiophene rings is 1. The number of nitro benzene ring substituents is 1. The zero-order chi connectivity index (χ0) is 16.8. The molecule has 3 aromatic rings. The molecule has 0 aliphatic carbocycles. The first-order valence-corrected chi connectivity index (χ1v) is 8.51. The third kappa shape index (κ3) is 2.24. The fraction of sp³-hybridized carbons (Fsp3) is 0.235. The predicted molar refractivity (Wildman–Crippen MR) is 92.7 cm³/mol. The van der Waals surface area contributed by atoms with Gasteiger partial charge in [-0.25, -0.2) is 4.98 Å². The van der Waals surface area contributed by atoms with Gasteiger partial charge in [-0.15, -0.1) is 11.3 Å². The molecule has 4 rings (SSSR count). The largest absolute Gasteiger partial charge is 0.505 e. The van der Waals surface area contributed by atoms with Gasteiger partial charge in [0.15, 0.2) is 0 Å². The molecule has 0 saturated carbocycles. The standard InChI is InChI=1S/C17H15N3O3S/c1-9-2-3-10-13(20(22)23)8-12(17(21)16(10)19-9)15-11-5-7-24-14(11)4-6-18-15/h2-3,5,7-8,15,18,21H,4,6H2,1H3. The van der Waals surface area contributed by atoms with Gasteiger partial charge in [-0.05, 0) is 42.5 Å². The molecule has 0 fully saturated rings. The molecule has 0 bridgehead atoms. The van der Waals surface area contributed by atoms with E-state index < -0.39 is 4.92 Å². The molecule has 0 spiro atoms. The molecule has 7 heteroatoms. The maximum absolute atomic E-state index is 11.5. The summed E-state index contributed by atoms with van der Waals surface area (Å²) in [5, 5.41) is 28.0. The van der Waals surface area contributed by atoms with Crippen molar-refractivity contribution >= 4 is 27.9 Å². The van der Waals surface area contributed by atoms with Crippen LogP contribution in [0.15, 0.2) is 29.6 Å². The number of fused-ring (bicyclic) bond motifs is 2. The SMILES string of the molecule is Cc1ccc2c([N+](=O)[O-])cc(C3NCCc4sccc43)c(O)c2n1. The minimum Gasteiger partial charge on any atom is -0.505 e. The highest BCUT2D eigenvalue weighted by atomic mass is 32.1. The summed E-state index contributed by atoms with van der Waals surface area (Å²) in [5.41, 5.74) is 2.53. The Kier molecular flexibility index (Phi) is 3.47. The summed E-state index contributed by atoms with van der Waals surface area (Å²) in [6, 6.07) is 6.58. The number of nitro groups is 1. The second-order valence-corrected chi connectivity index (χ2v) is 6.88. The van der Waals surface area contributed by atoms with Crippen LogP contribution in [0.3, 0.4) is 0 Å². The highest BCUT2D eigenvalue weighted by Gasteiger charge is 2.29. The van der Waals surface area contributed by atoms with Gasteiger partial charge in [0.05, 0.1) is 16.4 Å². The molecule has 1 aliphatic heterocycles. The summed E-state index contributed by atoms with van der Waals surface area (Å²) < 4.78 is 0. The topological polar surface area (TPSA) is 88.3 Å². The van der Waals surface area contributed by atoms with Crippen molar-refractivity contribution in [3.8, 4) is 5.75 Å². The number of rotatable bonds is 2. The van der Waals surface area contributed by atoms with E-state index in [1.165, 1.54) is 10.9 Å². The van der Waals surface area contributed by atoms with Crippen LogP contribution < -0.4 is 5.32 Å². The van der Waals surface area contributed by atoms with E-state index in [0.29, 0.717) is 16.6 Å². The van der Waals surface area contributed by atoms with Crippen LogP contribution in [0.4, 0.5) is 5.69 Å². The molecule has 24 heavy (non-hydrogen) atoms. The van der Waals surface area contributed by atoms with Crippen molar-refractivity contribution in [3.05, 3.63) is 61.5 Å². The average molecular weight is 341 g/mol. The minimum atomic E-state index is -0.417. The predicted octanol–water partition coefficient (Wildman–Crippen LogP) is 3.45. The zero-order valence-corrected chi connectivity index (χ0v) is 13.8. The van der Waals surface area contributed by atoms with E-state index >= 15 is 0 Å². The minimum absolute atomic E-state index is 0.0100. The van der Waals surface area contributed by atoms with E-state index in [2.05, 4.69) is 10.3 Å². The summed E-state index contributed by atoms with van der Waals surface area (Å²) in [7, 11) is 0. The van der Waals surface area contributed by atoms with Crippen LogP contribution in [0.2, 0.25) is 0 Å². The van der Waals surface area contributed by atoms with Gasteiger partial charge in [0.2, 0.25) is 0 Å². The number of phenols is 1. The van der Waals surface area contributed by atoms with Gasteiger partial charge in [0.25, 0.3) is 5.69 Å². The Morgan fingerprint density at radius 2 is 2.21 bits per heavy atom. The fourth-order valence-corrected chi connectivity index (χ4v) is 4.19. The number of phenolic OH excluding ortho intramolecular Hbond substituents is 1. The number of benzene rings is 1. The van der Waals surface area contributed by atoms with E-state index in [-0.39, 0.29) is 23.0 Å². The monoisotopic (exact) mass is 341 g/mol. The van der Waals surface area contributed by atoms with Crippen molar-refractivity contribution in [2.24, 2.45) is 0 Å². The number of hydrogen-bond donors (Lipinski definition) is 2. The van der Waals surface area contributed by atoms with Crippen molar-refractivity contribution in [1.29, 1.82) is 0 Å². The summed E-state index contributed by atoms with van der Waals surface area (Å²) in [4.78, 5) is 16.7. The van der Waals surface area contributed by atoms with Crippen LogP contribution in [-0.4, -0.2) is 21.6 Å². The number of non-ortho nitro benzene ring substituents is 1. The highest BCUT2D eigenvalue weighted by molar-refractivity contribution is 7.10. The fourth-order valence-electron chi connectivity index (χ4n) is 3.27. The smallest absolute Gasteiger partial charge is 0.279 e. The molecule has 1 atom stereocenters. The van der Waals surface area contributed by atoms with Crippen LogP contribution in [0.25, 0.3) is 10.9 Å². The van der Waals surface area contributed by atoms with E-state index in [0.717, 1.165) is 18.5 Å². The average Bonchev–Trinajstić information content (AvgIpc) is 3.04. The number of aromatic hydroxyl groups is 1. The summed E-state index contributed by atoms with van der Waals surface area (Å²) in [6.07, 6.45) is 0.928. The van der Waals surface area contributed by atoms with Crippen LogP contribution in [0, 0.1) is 17.0 Å². The van der Waals surface area contributed by atoms with Crippen LogP contribution >= 0.6 is 11.3 Å². The van der Waals surface area contributed by atoms with E-state index in [1.807, 2.05) is 11.4 Å².